The number of benzene rings is 1. The van der Waals surface area contributed by atoms with E-state index >= 15 is 0 Å². The quantitative estimate of drug-likeness (QED) is 0.926. The predicted molar refractivity (Wildman–Crippen MR) is 75.7 cm³/mol. The molecule has 0 fully saturated rings. The molecule has 0 spiro atoms. The van der Waals surface area contributed by atoms with Crippen molar-refractivity contribution >= 4 is 27.5 Å². The first-order chi connectivity index (χ1) is 8.61. The average molecular weight is 330 g/mol. The van der Waals surface area contributed by atoms with Crippen molar-refractivity contribution in [3.05, 3.63) is 51.2 Å². The van der Waals surface area contributed by atoms with Crippen molar-refractivity contribution in [1.29, 1.82) is 0 Å². The van der Waals surface area contributed by atoms with Crippen LogP contribution in [0, 0.1) is 0 Å². The summed E-state index contributed by atoms with van der Waals surface area (Å²) in [5, 5.41) is 15.1. The van der Waals surface area contributed by atoms with Crippen LogP contribution in [0.2, 0.25) is 5.02 Å². The second kappa shape index (κ2) is 5.87. The van der Waals surface area contributed by atoms with Crippen molar-refractivity contribution in [3.8, 4) is 0 Å². The molecular weight excluding hydrogens is 316 g/mol. The third-order valence-electron chi connectivity index (χ3n) is 2.67. The van der Waals surface area contributed by atoms with Crippen LogP contribution in [0.25, 0.3) is 0 Å². The van der Waals surface area contributed by atoms with Gasteiger partial charge in [0.25, 0.3) is 0 Å². The molecule has 96 valence electrons. The second-order valence-electron chi connectivity index (χ2n) is 4.11. The zero-order chi connectivity index (χ0) is 13.1. The fraction of sp³-hybridized carbons (Fsp3) is 0.308. The zero-order valence-corrected chi connectivity index (χ0v) is 12.3. The Bertz CT molecular complexity index is 542. The first-order valence-electron chi connectivity index (χ1n) is 5.77. The van der Waals surface area contributed by atoms with Crippen LogP contribution in [0.1, 0.15) is 30.6 Å². The first kappa shape index (κ1) is 13.6. The van der Waals surface area contributed by atoms with Gasteiger partial charge in [0.1, 0.15) is 6.10 Å². The number of rotatable bonds is 4. The Balaban J connectivity index is 2.29. The normalized spacial score (nSPS) is 12.7. The Labute approximate surface area is 120 Å². The molecular formula is C13H14BrClN2O. The average Bonchev–Trinajstić information content (AvgIpc) is 2.80. The summed E-state index contributed by atoms with van der Waals surface area (Å²) in [4.78, 5) is 0. The summed E-state index contributed by atoms with van der Waals surface area (Å²) in [6.45, 7) is 2.93. The highest BCUT2D eigenvalue weighted by Crippen LogP contribution is 2.30. The summed E-state index contributed by atoms with van der Waals surface area (Å²) in [6, 6.07) is 5.43. The standard InChI is InChI=1S/C13H14BrClN2O/c1-2-5-17-8-9(7-16-17)13(18)11-6-10(14)3-4-12(11)15/h3-4,6-8,13,18H,2,5H2,1H3. The van der Waals surface area contributed by atoms with Crippen molar-refractivity contribution in [2.75, 3.05) is 0 Å². The van der Waals surface area contributed by atoms with E-state index in [4.69, 9.17) is 11.6 Å². The fourth-order valence-corrected chi connectivity index (χ4v) is 2.38. The van der Waals surface area contributed by atoms with Gasteiger partial charge >= 0.3 is 0 Å². The van der Waals surface area contributed by atoms with E-state index in [9.17, 15) is 5.11 Å². The van der Waals surface area contributed by atoms with E-state index in [1.807, 2.05) is 23.0 Å². The SMILES string of the molecule is CCCn1cc(C(O)c2cc(Br)ccc2Cl)cn1. The number of aryl methyl sites for hydroxylation is 1. The van der Waals surface area contributed by atoms with Crippen molar-refractivity contribution in [2.45, 2.75) is 26.0 Å². The molecule has 1 N–H and O–H groups in total. The fourth-order valence-electron chi connectivity index (χ4n) is 1.78. The minimum Gasteiger partial charge on any atom is -0.383 e. The zero-order valence-electron chi connectivity index (χ0n) is 9.98. The van der Waals surface area contributed by atoms with Crippen molar-refractivity contribution in [3.63, 3.8) is 0 Å². The van der Waals surface area contributed by atoms with Gasteiger partial charge in [-0.05, 0) is 24.6 Å². The lowest BCUT2D eigenvalue weighted by Crippen LogP contribution is -2.00. The van der Waals surface area contributed by atoms with E-state index in [2.05, 4.69) is 28.0 Å². The highest BCUT2D eigenvalue weighted by molar-refractivity contribution is 9.10. The lowest BCUT2D eigenvalue weighted by molar-refractivity contribution is 0.220. The number of aliphatic hydroxyl groups is 1. The summed E-state index contributed by atoms with van der Waals surface area (Å²) in [7, 11) is 0. The molecule has 0 aliphatic carbocycles. The van der Waals surface area contributed by atoms with Crippen LogP contribution in [0.5, 0.6) is 0 Å². The monoisotopic (exact) mass is 328 g/mol. The Morgan fingerprint density at radius 1 is 1.50 bits per heavy atom. The summed E-state index contributed by atoms with van der Waals surface area (Å²) < 4.78 is 2.71. The molecule has 18 heavy (non-hydrogen) atoms. The number of aliphatic hydroxyl groups excluding tert-OH is 1. The number of hydrogen-bond donors (Lipinski definition) is 1. The summed E-state index contributed by atoms with van der Waals surface area (Å²) in [5.74, 6) is 0. The molecule has 1 heterocycles. The number of nitrogens with zero attached hydrogens (tertiary/aromatic N) is 2. The summed E-state index contributed by atoms with van der Waals surface area (Å²) in [5.41, 5.74) is 1.44. The van der Waals surface area contributed by atoms with Gasteiger partial charge < -0.3 is 5.11 Å². The Morgan fingerprint density at radius 2 is 2.28 bits per heavy atom. The molecule has 1 aromatic heterocycles. The molecule has 0 saturated heterocycles. The van der Waals surface area contributed by atoms with Gasteiger partial charge in [-0.1, -0.05) is 34.5 Å². The maximum atomic E-state index is 10.3. The minimum absolute atomic E-state index is 0.550. The first-order valence-corrected chi connectivity index (χ1v) is 6.94. The van der Waals surface area contributed by atoms with Gasteiger partial charge in [-0.25, -0.2) is 0 Å². The van der Waals surface area contributed by atoms with E-state index in [1.54, 1.807) is 12.3 Å². The van der Waals surface area contributed by atoms with Gasteiger partial charge in [-0.3, -0.25) is 4.68 Å². The predicted octanol–water partition coefficient (Wildman–Crippen LogP) is 3.79. The highest BCUT2D eigenvalue weighted by Gasteiger charge is 2.16. The van der Waals surface area contributed by atoms with Gasteiger partial charge in [-0.2, -0.15) is 5.10 Å². The van der Waals surface area contributed by atoms with E-state index in [1.165, 1.54) is 0 Å². The highest BCUT2D eigenvalue weighted by atomic mass is 79.9. The molecule has 1 aromatic carbocycles. The van der Waals surface area contributed by atoms with Crippen LogP contribution in [0.4, 0.5) is 0 Å². The lowest BCUT2D eigenvalue weighted by Gasteiger charge is -2.11. The maximum absolute atomic E-state index is 10.3. The molecule has 1 unspecified atom stereocenters. The van der Waals surface area contributed by atoms with Crippen molar-refractivity contribution in [1.82, 2.24) is 9.78 Å². The third kappa shape index (κ3) is 2.94. The Hall–Kier alpha value is -0.840. The summed E-state index contributed by atoms with van der Waals surface area (Å²) >= 11 is 9.48. The molecule has 0 bridgehead atoms. The van der Waals surface area contributed by atoms with Gasteiger partial charge in [0.2, 0.25) is 0 Å². The van der Waals surface area contributed by atoms with Crippen molar-refractivity contribution in [2.24, 2.45) is 0 Å². The molecule has 5 heteroatoms. The second-order valence-corrected chi connectivity index (χ2v) is 5.43. The van der Waals surface area contributed by atoms with Crippen LogP contribution in [0.3, 0.4) is 0 Å². The molecule has 0 radical (unpaired) electrons. The molecule has 3 nitrogen and oxygen atoms in total. The van der Waals surface area contributed by atoms with Crippen LogP contribution >= 0.6 is 27.5 Å². The van der Waals surface area contributed by atoms with E-state index in [-0.39, 0.29) is 0 Å². The Morgan fingerprint density at radius 3 is 3.00 bits per heavy atom. The molecule has 0 aliphatic heterocycles. The smallest absolute Gasteiger partial charge is 0.109 e. The minimum atomic E-state index is -0.749. The van der Waals surface area contributed by atoms with Crippen LogP contribution < -0.4 is 0 Å². The van der Waals surface area contributed by atoms with Gasteiger partial charge in [0, 0.05) is 33.4 Å². The van der Waals surface area contributed by atoms with E-state index < -0.39 is 6.10 Å². The van der Waals surface area contributed by atoms with Crippen LogP contribution in [-0.4, -0.2) is 14.9 Å². The number of aromatic nitrogens is 2. The molecule has 2 aromatic rings. The van der Waals surface area contributed by atoms with Gasteiger partial charge in [0.05, 0.1) is 6.20 Å². The topological polar surface area (TPSA) is 38.0 Å². The molecule has 0 saturated carbocycles. The largest absolute Gasteiger partial charge is 0.383 e. The number of hydrogen-bond acceptors (Lipinski definition) is 2. The van der Waals surface area contributed by atoms with E-state index in [0.29, 0.717) is 10.6 Å². The van der Waals surface area contributed by atoms with Crippen molar-refractivity contribution < 1.29 is 5.11 Å². The molecule has 0 aliphatic rings. The van der Waals surface area contributed by atoms with Gasteiger partial charge in [-0.15, -0.1) is 0 Å². The third-order valence-corrected chi connectivity index (χ3v) is 3.51. The summed E-state index contributed by atoms with van der Waals surface area (Å²) in [6.07, 6.45) is 3.79. The number of halogens is 2. The molecule has 2 rings (SSSR count). The van der Waals surface area contributed by atoms with E-state index in [0.717, 1.165) is 23.0 Å². The lowest BCUT2D eigenvalue weighted by atomic mass is 10.1. The molecule has 1 atom stereocenters. The van der Waals surface area contributed by atoms with Gasteiger partial charge in [0.15, 0.2) is 0 Å². The van der Waals surface area contributed by atoms with Crippen LogP contribution in [-0.2, 0) is 6.54 Å². The Kier molecular flexibility index (Phi) is 4.43. The maximum Gasteiger partial charge on any atom is 0.109 e. The molecule has 0 amide bonds. The van der Waals surface area contributed by atoms with Crippen LogP contribution in [0.15, 0.2) is 35.1 Å².